The molecule has 0 unspecified atom stereocenters. The molecule has 0 N–H and O–H groups in total. The smallest absolute Gasteiger partial charge is 0.346 e. The fourth-order valence-electron chi connectivity index (χ4n) is 8.96. The van der Waals surface area contributed by atoms with Crippen molar-refractivity contribution in [3.8, 4) is 23.0 Å². The van der Waals surface area contributed by atoms with Gasteiger partial charge in [-0.05, 0) is 74.2 Å². The molecule has 0 aromatic heterocycles. The van der Waals surface area contributed by atoms with Crippen LogP contribution >= 0.6 is 0 Å². The number of ether oxygens (including phenoxy) is 6. The molecule has 10 nitrogen and oxygen atoms in total. The summed E-state index contributed by atoms with van der Waals surface area (Å²) in [5.74, 6) is -3.04. The quantitative estimate of drug-likeness (QED) is 0.0234. The van der Waals surface area contributed by atoms with Gasteiger partial charge < -0.3 is 28.4 Å². The van der Waals surface area contributed by atoms with E-state index in [4.69, 9.17) is 28.4 Å². The second kappa shape index (κ2) is 43.6. The van der Waals surface area contributed by atoms with Gasteiger partial charge in [-0.25, -0.2) is 28.0 Å². The molecule has 422 valence electrons. The lowest BCUT2D eigenvalue weighted by atomic mass is 10.0. The zero-order chi connectivity index (χ0) is 54.5. The summed E-state index contributed by atoms with van der Waals surface area (Å²) in [7, 11) is 0. The Bertz CT molecular complexity index is 1910. The van der Waals surface area contributed by atoms with Crippen molar-refractivity contribution in [1.82, 2.24) is 0 Å². The summed E-state index contributed by atoms with van der Waals surface area (Å²) >= 11 is 0. The molecule has 0 saturated heterocycles. The van der Waals surface area contributed by atoms with Crippen molar-refractivity contribution in [2.75, 3.05) is 26.4 Å². The third-order valence-electron chi connectivity index (χ3n) is 13.5. The average Bonchev–Trinajstić information content (AvgIpc) is 3.42. The van der Waals surface area contributed by atoms with Crippen LogP contribution in [0.5, 0.6) is 23.0 Å². The van der Waals surface area contributed by atoms with E-state index in [-0.39, 0.29) is 34.6 Å². The van der Waals surface area contributed by atoms with E-state index in [0.29, 0.717) is 37.9 Å². The second-order valence-electron chi connectivity index (χ2n) is 20.0. The van der Waals surface area contributed by atoms with E-state index in [1.165, 1.54) is 215 Å². The fourth-order valence-corrected chi connectivity index (χ4v) is 8.96. The number of benzene rings is 3. The standard InChI is InChI=1S/C64H92F2O10/c1-3-61(67)73-49-37-33-29-25-21-17-13-9-5-7-11-15-19-23-27-31-35-47-71-55-43-45-57(59(65)51-55)63(69)75-53-39-41-54(42-40-53)76-64(70)58-46-44-56(52-60(58)66)72-48-36-32-28-24-20-16-12-8-6-10-14-18-22-26-30-34-38-50-74-62(68)4-2/h3-4,39-46,51-52H,1-2,5-38,47-50H2. The second-order valence-corrected chi connectivity index (χ2v) is 20.0. The maximum absolute atomic E-state index is 14.9. The molecule has 3 rings (SSSR count). The summed E-state index contributed by atoms with van der Waals surface area (Å²) in [6.45, 7) is 8.72. The molecule has 0 bridgehead atoms. The molecule has 0 saturated carbocycles. The van der Waals surface area contributed by atoms with Gasteiger partial charge in [0, 0.05) is 24.3 Å². The molecule has 3 aromatic carbocycles. The molecule has 3 aromatic rings. The van der Waals surface area contributed by atoms with Gasteiger partial charge in [-0.3, -0.25) is 0 Å². The minimum atomic E-state index is -0.887. The lowest BCUT2D eigenvalue weighted by Gasteiger charge is -2.10. The van der Waals surface area contributed by atoms with E-state index in [2.05, 4.69) is 13.2 Å². The van der Waals surface area contributed by atoms with Crippen LogP contribution < -0.4 is 18.9 Å². The molecule has 0 radical (unpaired) electrons. The molecule has 0 atom stereocenters. The van der Waals surface area contributed by atoms with Crippen molar-refractivity contribution >= 4 is 23.9 Å². The zero-order valence-electron chi connectivity index (χ0n) is 46.1. The third-order valence-corrected chi connectivity index (χ3v) is 13.5. The Hall–Kier alpha value is -5.52. The van der Waals surface area contributed by atoms with Crippen LogP contribution in [0.1, 0.15) is 239 Å². The van der Waals surface area contributed by atoms with Crippen LogP contribution in [-0.2, 0) is 19.1 Å². The highest BCUT2D eigenvalue weighted by Gasteiger charge is 2.18. The topological polar surface area (TPSA) is 124 Å². The van der Waals surface area contributed by atoms with Gasteiger partial charge in [-0.1, -0.05) is 206 Å². The van der Waals surface area contributed by atoms with E-state index in [1.807, 2.05) is 0 Å². The Morgan fingerprint density at radius 3 is 0.789 bits per heavy atom. The Morgan fingerprint density at radius 1 is 0.329 bits per heavy atom. The van der Waals surface area contributed by atoms with E-state index >= 15 is 0 Å². The molecule has 0 aliphatic rings. The van der Waals surface area contributed by atoms with E-state index in [9.17, 15) is 28.0 Å². The number of halogens is 2. The van der Waals surface area contributed by atoms with Gasteiger partial charge in [0.25, 0.3) is 0 Å². The minimum Gasteiger partial charge on any atom is -0.493 e. The van der Waals surface area contributed by atoms with Crippen molar-refractivity contribution < 1.29 is 56.4 Å². The van der Waals surface area contributed by atoms with Crippen LogP contribution in [-0.4, -0.2) is 50.3 Å². The number of hydrogen-bond donors (Lipinski definition) is 0. The van der Waals surface area contributed by atoms with Gasteiger partial charge in [0.1, 0.15) is 34.6 Å². The van der Waals surface area contributed by atoms with Gasteiger partial charge in [0.15, 0.2) is 0 Å². The molecular formula is C64H92F2O10. The molecule has 0 aliphatic heterocycles. The first-order valence-electron chi connectivity index (χ1n) is 29.2. The largest absolute Gasteiger partial charge is 0.493 e. The van der Waals surface area contributed by atoms with Crippen molar-refractivity contribution in [2.45, 2.75) is 218 Å². The first-order chi connectivity index (χ1) is 37.2. The molecule has 12 heteroatoms. The molecule has 0 fully saturated rings. The Morgan fingerprint density at radius 2 is 0.553 bits per heavy atom. The molecule has 76 heavy (non-hydrogen) atoms. The van der Waals surface area contributed by atoms with Gasteiger partial charge in [0.2, 0.25) is 0 Å². The van der Waals surface area contributed by atoms with Crippen LogP contribution in [0, 0.1) is 11.6 Å². The molecule has 0 spiro atoms. The summed E-state index contributed by atoms with van der Waals surface area (Å²) in [6.07, 6.45) is 43.3. The Labute approximate surface area is 455 Å². The van der Waals surface area contributed by atoms with Crippen molar-refractivity contribution in [1.29, 1.82) is 0 Å². The van der Waals surface area contributed by atoms with Crippen molar-refractivity contribution in [3.63, 3.8) is 0 Å². The summed E-state index contributed by atoms with van der Waals surface area (Å²) in [5, 5.41) is 0. The maximum Gasteiger partial charge on any atom is 0.346 e. The average molecular weight is 1060 g/mol. The van der Waals surface area contributed by atoms with Gasteiger partial charge in [0.05, 0.1) is 37.6 Å². The summed E-state index contributed by atoms with van der Waals surface area (Å²) < 4.78 is 62.1. The first kappa shape index (κ1) is 64.8. The van der Waals surface area contributed by atoms with Crippen LogP contribution in [0.2, 0.25) is 0 Å². The van der Waals surface area contributed by atoms with Crippen molar-refractivity contribution in [3.05, 3.63) is 109 Å². The lowest BCUT2D eigenvalue weighted by molar-refractivity contribution is -0.138. The predicted molar refractivity (Wildman–Crippen MR) is 299 cm³/mol. The van der Waals surface area contributed by atoms with E-state index in [0.717, 1.165) is 64.2 Å². The van der Waals surface area contributed by atoms with E-state index < -0.39 is 23.6 Å². The SMILES string of the molecule is C=CC(=O)OCCCCCCCCCCCCCCCCCCCOc1ccc(C(=O)Oc2ccc(OC(=O)c3ccc(OCCCCCCCCCCCCCCCCCCCOC(=O)C=C)cc3F)cc2)c(F)c1. The molecule has 0 heterocycles. The number of hydrogen-bond acceptors (Lipinski definition) is 10. The highest BCUT2D eigenvalue weighted by molar-refractivity contribution is 5.92. The minimum absolute atomic E-state index is 0.113. The summed E-state index contributed by atoms with van der Waals surface area (Å²) in [5.41, 5.74) is -0.483. The van der Waals surface area contributed by atoms with Crippen molar-refractivity contribution in [2.24, 2.45) is 0 Å². The van der Waals surface area contributed by atoms with Gasteiger partial charge >= 0.3 is 23.9 Å². The Balaban J connectivity index is 1.14. The zero-order valence-corrected chi connectivity index (χ0v) is 46.1. The summed E-state index contributed by atoms with van der Waals surface area (Å²) in [4.78, 5) is 47.7. The van der Waals surface area contributed by atoms with Crippen LogP contribution in [0.3, 0.4) is 0 Å². The molecule has 0 amide bonds. The predicted octanol–water partition coefficient (Wildman–Crippen LogP) is 17.9. The number of esters is 4. The van der Waals surface area contributed by atoms with Gasteiger partial charge in [-0.2, -0.15) is 0 Å². The Kier molecular flexibility index (Phi) is 37.1. The van der Waals surface area contributed by atoms with E-state index in [1.54, 1.807) is 12.1 Å². The lowest BCUT2D eigenvalue weighted by Crippen LogP contribution is -2.12. The van der Waals surface area contributed by atoms with Crippen LogP contribution in [0.15, 0.2) is 86.0 Å². The first-order valence-corrected chi connectivity index (χ1v) is 29.2. The van der Waals surface area contributed by atoms with Crippen LogP contribution in [0.25, 0.3) is 0 Å². The number of carbonyl (C=O) groups is 4. The monoisotopic (exact) mass is 1060 g/mol. The highest BCUT2D eigenvalue weighted by atomic mass is 19.1. The molecule has 0 aliphatic carbocycles. The fraction of sp³-hybridized carbons (Fsp3) is 0.594. The number of rotatable bonds is 48. The molecular weight excluding hydrogens is 967 g/mol. The summed E-state index contributed by atoms with van der Waals surface area (Å²) in [6, 6.07) is 13.8. The van der Waals surface area contributed by atoms with Gasteiger partial charge in [-0.15, -0.1) is 0 Å². The normalized spacial score (nSPS) is 11.0. The number of carbonyl (C=O) groups excluding carboxylic acids is 4. The maximum atomic E-state index is 14.9. The number of unbranched alkanes of at least 4 members (excludes halogenated alkanes) is 32. The van der Waals surface area contributed by atoms with Crippen LogP contribution in [0.4, 0.5) is 8.78 Å². The third kappa shape index (κ3) is 32.2. The highest BCUT2D eigenvalue weighted by Crippen LogP contribution is 2.25.